The Labute approximate surface area is 113 Å². The Bertz CT molecular complexity index is 522. The van der Waals surface area contributed by atoms with Gasteiger partial charge in [0.25, 0.3) is 16.0 Å². The van der Waals surface area contributed by atoms with Gasteiger partial charge in [-0.15, -0.1) is 0 Å². The highest BCUT2D eigenvalue weighted by molar-refractivity contribution is 7.85. The second kappa shape index (κ2) is 6.68. The quantitative estimate of drug-likeness (QED) is 0.781. The lowest BCUT2D eigenvalue weighted by atomic mass is 9.97. The largest absolute Gasteiger partial charge is 0.351 e. The fourth-order valence-corrected chi connectivity index (χ4v) is 1.95. The molecule has 0 saturated carbocycles. The van der Waals surface area contributed by atoms with Crippen LogP contribution >= 0.6 is 0 Å². The highest BCUT2D eigenvalue weighted by Crippen LogP contribution is 2.18. The van der Waals surface area contributed by atoms with Crippen LogP contribution in [0.15, 0.2) is 24.3 Å². The molecule has 0 heterocycles. The Kier molecular flexibility index (Phi) is 5.50. The molecule has 2 N–H and O–H groups in total. The summed E-state index contributed by atoms with van der Waals surface area (Å²) in [6.07, 6.45) is 1.03. The summed E-state index contributed by atoms with van der Waals surface area (Å²) in [5.74, 6) is -0.389. The number of nitrogens with one attached hydrogen (secondary N) is 1. The smallest absolute Gasteiger partial charge is 0.266 e. The van der Waals surface area contributed by atoms with Crippen molar-refractivity contribution in [3.05, 3.63) is 35.4 Å². The van der Waals surface area contributed by atoms with E-state index in [0.717, 1.165) is 12.0 Å². The van der Waals surface area contributed by atoms with Crippen molar-refractivity contribution in [2.24, 2.45) is 0 Å². The van der Waals surface area contributed by atoms with E-state index < -0.39 is 15.9 Å². The summed E-state index contributed by atoms with van der Waals surface area (Å²) in [4.78, 5) is 11.7. The van der Waals surface area contributed by atoms with Crippen LogP contribution in [0, 0.1) is 0 Å². The molecule has 0 bridgehead atoms. The molecule has 1 rings (SSSR count). The molecule has 19 heavy (non-hydrogen) atoms. The molecule has 5 nitrogen and oxygen atoms in total. The fourth-order valence-electron chi connectivity index (χ4n) is 1.59. The molecule has 106 valence electrons. The molecule has 6 heteroatoms. The van der Waals surface area contributed by atoms with Crippen molar-refractivity contribution in [3.8, 4) is 0 Å². The molecule has 0 spiro atoms. The van der Waals surface area contributed by atoms with Gasteiger partial charge < -0.3 is 5.32 Å². The lowest BCUT2D eigenvalue weighted by Crippen LogP contribution is -2.28. The molecule has 0 aliphatic rings. The lowest BCUT2D eigenvalue weighted by Gasteiger charge is -2.09. The summed E-state index contributed by atoms with van der Waals surface area (Å²) in [5.41, 5.74) is 1.64. The third-order valence-electron chi connectivity index (χ3n) is 3.00. The van der Waals surface area contributed by atoms with Gasteiger partial charge >= 0.3 is 0 Å². The minimum absolute atomic E-state index is 0.106. The molecule has 0 aromatic heterocycles. The molecular formula is C13H19NO4S. The summed E-state index contributed by atoms with van der Waals surface area (Å²) in [6, 6.07) is 7.21. The van der Waals surface area contributed by atoms with Crippen molar-refractivity contribution < 1.29 is 17.8 Å². The van der Waals surface area contributed by atoms with E-state index in [4.69, 9.17) is 4.55 Å². The van der Waals surface area contributed by atoms with E-state index in [1.807, 2.05) is 12.1 Å². The van der Waals surface area contributed by atoms with Crippen LogP contribution < -0.4 is 5.32 Å². The van der Waals surface area contributed by atoms with E-state index in [1.54, 1.807) is 12.1 Å². The lowest BCUT2D eigenvalue weighted by molar-refractivity contribution is 0.0956. The van der Waals surface area contributed by atoms with E-state index in [9.17, 15) is 13.2 Å². The summed E-state index contributed by atoms with van der Waals surface area (Å²) in [7, 11) is -4.04. The molecule has 0 saturated heterocycles. The number of carbonyl (C=O) groups is 1. The zero-order valence-electron chi connectivity index (χ0n) is 11.1. The number of rotatable bonds is 6. The van der Waals surface area contributed by atoms with Crippen molar-refractivity contribution in [1.82, 2.24) is 5.32 Å². The van der Waals surface area contributed by atoms with E-state index in [0.29, 0.717) is 11.5 Å². The van der Waals surface area contributed by atoms with Crippen LogP contribution in [0.4, 0.5) is 0 Å². The first kappa shape index (κ1) is 15.7. The van der Waals surface area contributed by atoms with E-state index in [1.165, 1.54) is 0 Å². The standard InChI is InChI=1S/C13H19NO4S/c1-3-10(2)11-4-6-12(7-5-11)13(15)14-8-9-19(16,17)18/h4-7,10H,3,8-9H2,1-2H3,(H,14,15)(H,16,17,18). The van der Waals surface area contributed by atoms with Crippen molar-refractivity contribution in [1.29, 1.82) is 0 Å². The van der Waals surface area contributed by atoms with Gasteiger partial charge in [0.15, 0.2) is 0 Å². The van der Waals surface area contributed by atoms with Gasteiger partial charge in [-0.25, -0.2) is 0 Å². The number of amides is 1. The van der Waals surface area contributed by atoms with Crippen LogP contribution in [0.5, 0.6) is 0 Å². The van der Waals surface area contributed by atoms with Gasteiger partial charge in [-0.3, -0.25) is 9.35 Å². The number of hydrogen-bond acceptors (Lipinski definition) is 3. The molecule has 1 atom stereocenters. The number of carbonyl (C=O) groups excluding carboxylic acids is 1. The van der Waals surface area contributed by atoms with Gasteiger partial charge in [0.2, 0.25) is 0 Å². The average molecular weight is 285 g/mol. The van der Waals surface area contributed by atoms with Gasteiger partial charge in [0, 0.05) is 12.1 Å². The molecule has 1 unspecified atom stereocenters. The van der Waals surface area contributed by atoms with Crippen molar-refractivity contribution in [3.63, 3.8) is 0 Å². The molecule has 1 aromatic carbocycles. The minimum Gasteiger partial charge on any atom is -0.351 e. The molecule has 0 aliphatic heterocycles. The maximum Gasteiger partial charge on any atom is 0.266 e. The van der Waals surface area contributed by atoms with Crippen LogP contribution in [0.25, 0.3) is 0 Å². The summed E-state index contributed by atoms with van der Waals surface area (Å²) in [6.45, 7) is 4.10. The monoisotopic (exact) mass is 285 g/mol. The Morgan fingerprint density at radius 2 is 1.89 bits per heavy atom. The van der Waals surface area contributed by atoms with Crippen molar-refractivity contribution in [2.45, 2.75) is 26.2 Å². The summed E-state index contributed by atoms with van der Waals surface area (Å²) in [5, 5.41) is 2.44. The maximum absolute atomic E-state index is 11.7. The van der Waals surface area contributed by atoms with E-state index in [-0.39, 0.29) is 12.5 Å². The number of benzene rings is 1. The molecule has 0 fully saturated rings. The van der Waals surface area contributed by atoms with Crippen LogP contribution in [-0.2, 0) is 10.1 Å². The fraction of sp³-hybridized carbons (Fsp3) is 0.462. The summed E-state index contributed by atoms with van der Waals surface area (Å²) < 4.78 is 29.6. The first-order valence-corrected chi connectivity index (χ1v) is 7.77. The Morgan fingerprint density at radius 3 is 2.37 bits per heavy atom. The van der Waals surface area contributed by atoms with E-state index >= 15 is 0 Å². The number of hydrogen-bond donors (Lipinski definition) is 2. The van der Waals surface area contributed by atoms with Crippen LogP contribution in [0.3, 0.4) is 0 Å². The molecule has 0 aliphatic carbocycles. The van der Waals surface area contributed by atoms with Gasteiger partial charge in [-0.2, -0.15) is 8.42 Å². The zero-order valence-corrected chi connectivity index (χ0v) is 11.9. The van der Waals surface area contributed by atoms with Gasteiger partial charge in [0.1, 0.15) is 0 Å². The van der Waals surface area contributed by atoms with Gasteiger partial charge in [-0.05, 0) is 30.0 Å². The first-order valence-electron chi connectivity index (χ1n) is 6.17. The third kappa shape index (κ3) is 5.40. The predicted octanol–water partition coefficient (Wildman–Crippen LogP) is 1.82. The highest BCUT2D eigenvalue weighted by Gasteiger charge is 2.09. The Balaban J connectivity index is 2.58. The van der Waals surface area contributed by atoms with Crippen LogP contribution in [0.1, 0.15) is 42.1 Å². The second-order valence-electron chi connectivity index (χ2n) is 4.47. The van der Waals surface area contributed by atoms with Gasteiger partial charge in [0.05, 0.1) is 5.75 Å². The molecule has 1 amide bonds. The van der Waals surface area contributed by atoms with Crippen molar-refractivity contribution in [2.75, 3.05) is 12.3 Å². The molecule has 0 radical (unpaired) electrons. The zero-order chi connectivity index (χ0) is 14.5. The van der Waals surface area contributed by atoms with E-state index in [2.05, 4.69) is 19.2 Å². The molecular weight excluding hydrogens is 266 g/mol. The van der Waals surface area contributed by atoms with Crippen LogP contribution in [-0.4, -0.2) is 31.2 Å². The topological polar surface area (TPSA) is 83.5 Å². The average Bonchev–Trinajstić information content (AvgIpc) is 2.36. The Hall–Kier alpha value is -1.40. The van der Waals surface area contributed by atoms with Crippen LogP contribution in [0.2, 0.25) is 0 Å². The predicted molar refractivity (Wildman–Crippen MR) is 73.9 cm³/mol. The minimum atomic E-state index is -4.04. The second-order valence-corrected chi connectivity index (χ2v) is 6.05. The van der Waals surface area contributed by atoms with Crippen molar-refractivity contribution >= 4 is 16.0 Å². The third-order valence-corrected chi connectivity index (χ3v) is 3.72. The highest BCUT2D eigenvalue weighted by atomic mass is 32.2. The maximum atomic E-state index is 11.7. The van der Waals surface area contributed by atoms with Gasteiger partial charge in [-0.1, -0.05) is 26.0 Å². The SMILES string of the molecule is CCC(C)c1ccc(C(=O)NCCS(=O)(=O)O)cc1. The first-order chi connectivity index (χ1) is 8.83. The normalized spacial score (nSPS) is 13.0. The summed E-state index contributed by atoms with van der Waals surface area (Å²) >= 11 is 0. The molecule has 1 aromatic rings. The Morgan fingerprint density at radius 1 is 1.32 bits per heavy atom.